The first-order valence-electron chi connectivity index (χ1n) is 22.0. The average Bonchev–Trinajstić information content (AvgIpc) is 3.11. The topological polar surface area (TPSA) is 89.8 Å². The molecule has 49 heavy (non-hydrogen) atoms. The average molecular weight is 694 g/mol. The summed E-state index contributed by atoms with van der Waals surface area (Å²) < 4.78 is 0. The van der Waals surface area contributed by atoms with E-state index in [1.165, 1.54) is 186 Å². The van der Waals surface area contributed by atoms with Crippen LogP contribution < -0.4 is 5.32 Å². The van der Waals surface area contributed by atoms with Gasteiger partial charge in [-0.15, -0.1) is 0 Å². The zero-order chi connectivity index (χ0) is 35.9. The van der Waals surface area contributed by atoms with Crippen LogP contribution in [0.25, 0.3) is 0 Å². The third-order valence-corrected chi connectivity index (χ3v) is 10.4. The Balaban J connectivity index is 3.63. The van der Waals surface area contributed by atoms with E-state index in [1.54, 1.807) is 6.08 Å². The van der Waals surface area contributed by atoms with Gasteiger partial charge in [-0.2, -0.15) is 0 Å². The molecule has 292 valence electrons. The number of nitrogens with one attached hydrogen (secondary N) is 1. The van der Waals surface area contributed by atoms with Gasteiger partial charge >= 0.3 is 0 Å². The van der Waals surface area contributed by atoms with Gasteiger partial charge in [0, 0.05) is 0 Å². The Hall–Kier alpha value is -0.910. The maximum atomic E-state index is 12.5. The van der Waals surface area contributed by atoms with E-state index in [-0.39, 0.29) is 6.61 Å². The number of hydrogen-bond donors (Lipinski definition) is 4. The second kappa shape index (κ2) is 39.9. The fraction of sp³-hybridized carbons (Fsp3) is 0.932. The van der Waals surface area contributed by atoms with Crippen molar-refractivity contribution < 1.29 is 20.1 Å². The van der Waals surface area contributed by atoms with Crippen molar-refractivity contribution in [3.05, 3.63) is 12.2 Å². The van der Waals surface area contributed by atoms with Crippen molar-refractivity contribution in [1.29, 1.82) is 0 Å². The highest BCUT2D eigenvalue weighted by molar-refractivity contribution is 5.80. The van der Waals surface area contributed by atoms with Crippen LogP contribution in [-0.2, 0) is 4.79 Å². The Morgan fingerprint density at radius 3 is 1.12 bits per heavy atom. The van der Waals surface area contributed by atoms with Crippen LogP contribution in [0, 0.1) is 0 Å². The number of allylic oxidation sites excluding steroid dienone is 1. The second-order valence-corrected chi connectivity index (χ2v) is 15.3. The molecule has 0 radical (unpaired) electrons. The molecule has 5 heteroatoms. The summed E-state index contributed by atoms with van der Waals surface area (Å²) in [4.78, 5) is 12.5. The van der Waals surface area contributed by atoms with Crippen molar-refractivity contribution in [2.24, 2.45) is 0 Å². The number of unbranched alkanes of at least 4 members (excludes halogenated alkanes) is 32. The third-order valence-electron chi connectivity index (χ3n) is 10.4. The Labute approximate surface area is 306 Å². The van der Waals surface area contributed by atoms with E-state index in [9.17, 15) is 20.1 Å². The smallest absolute Gasteiger partial charge is 0.249 e. The Bertz CT molecular complexity index is 684. The van der Waals surface area contributed by atoms with Crippen molar-refractivity contribution in [1.82, 2.24) is 5.32 Å². The standard InChI is InChI=1S/C44H87NO4/c1-3-5-7-9-11-13-15-17-19-20-21-22-23-25-27-29-31-33-35-37-39-43(48)44(49)45-41(40-46)42(47)38-36-34-32-30-28-26-24-18-16-14-12-10-8-6-4-2/h36,38,41-43,46-48H,3-35,37,39-40H2,1-2H3,(H,45,49)/b38-36+. The van der Waals surface area contributed by atoms with E-state index < -0.39 is 24.2 Å². The number of carbonyl (C=O) groups excluding carboxylic acids is 1. The monoisotopic (exact) mass is 694 g/mol. The largest absolute Gasteiger partial charge is 0.394 e. The minimum atomic E-state index is -1.09. The molecule has 5 nitrogen and oxygen atoms in total. The molecule has 0 heterocycles. The maximum Gasteiger partial charge on any atom is 0.249 e. The van der Waals surface area contributed by atoms with Gasteiger partial charge < -0.3 is 20.6 Å². The molecule has 3 unspecified atom stereocenters. The van der Waals surface area contributed by atoms with Crippen molar-refractivity contribution >= 4 is 5.91 Å². The summed E-state index contributed by atoms with van der Waals surface area (Å²) in [5.41, 5.74) is 0. The van der Waals surface area contributed by atoms with Gasteiger partial charge in [0.1, 0.15) is 6.10 Å². The Kier molecular flexibility index (Phi) is 39.1. The molecule has 0 saturated carbocycles. The van der Waals surface area contributed by atoms with Gasteiger partial charge in [-0.25, -0.2) is 0 Å². The zero-order valence-electron chi connectivity index (χ0n) is 33.1. The third kappa shape index (κ3) is 35.3. The van der Waals surface area contributed by atoms with Crippen molar-refractivity contribution in [2.75, 3.05) is 6.61 Å². The minimum Gasteiger partial charge on any atom is -0.394 e. The van der Waals surface area contributed by atoms with Crippen LogP contribution >= 0.6 is 0 Å². The second-order valence-electron chi connectivity index (χ2n) is 15.3. The van der Waals surface area contributed by atoms with Crippen molar-refractivity contribution in [3.63, 3.8) is 0 Å². The molecule has 0 aromatic carbocycles. The number of aliphatic hydroxyl groups is 3. The van der Waals surface area contributed by atoms with Crippen LogP contribution in [0.2, 0.25) is 0 Å². The predicted molar refractivity (Wildman–Crippen MR) is 213 cm³/mol. The van der Waals surface area contributed by atoms with Crippen molar-refractivity contribution in [2.45, 2.75) is 257 Å². The maximum absolute atomic E-state index is 12.5. The van der Waals surface area contributed by atoms with Crippen LogP contribution in [0.15, 0.2) is 12.2 Å². The first-order valence-corrected chi connectivity index (χ1v) is 22.0. The van der Waals surface area contributed by atoms with Crippen LogP contribution in [0.1, 0.15) is 239 Å². The lowest BCUT2D eigenvalue weighted by molar-refractivity contribution is -0.131. The van der Waals surface area contributed by atoms with Gasteiger partial charge in [0.25, 0.3) is 0 Å². The van der Waals surface area contributed by atoms with Crippen molar-refractivity contribution in [3.8, 4) is 0 Å². The molecule has 0 aliphatic carbocycles. The van der Waals surface area contributed by atoms with Gasteiger partial charge in [-0.05, 0) is 19.3 Å². The Morgan fingerprint density at radius 1 is 0.490 bits per heavy atom. The minimum absolute atomic E-state index is 0.359. The van der Waals surface area contributed by atoms with E-state index in [1.807, 2.05) is 6.08 Å². The van der Waals surface area contributed by atoms with Crippen LogP contribution in [0.3, 0.4) is 0 Å². The summed E-state index contributed by atoms with van der Waals surface area (Å²) in [5, 5.41) is 33.1. The molecular weight excluding hydrogens is 606 g/mol. The fourth-order valence-corrected chi connectivity index (χ4v) is 6.89. The molecule has 0 aromatic rings. The molecule has 0 rings (SSSR count). The fourth-order valence-electron chi connectivity index (χ4n) is 6.89. The summed E-state index contributed by atoms with van der Waals surface area (Å²) in [6.07, 6.45) is 46.7. The van der Waals surface area contributed by atoms with Gasteiger partial charge in [0.15, 0.2) is 0 Å². The lowest BCUT2D eigenvalue weighted by Crippen LogP contribution is -2.48. The first-order chi connectivity index (χ1) is 24.1. The first kappa shape index (κ1) is 48.1. The predicted octanol–water partition coefficient (Wildman–Crippen LogP) is 12.4. The summed E-state index contributed by atoms with van der Waals surface area (Å²) in [7, 11) is 0. The molecule has 0 aliphatic rings. The molecule has 0 spiro atoms. The van der Waals surface area contributed by atoms with E-state index in [0.29, 0.717) is 6.42 Å². The van der Waals surface area contributed by atoms with Gasteiger partial charge in [-0.1, -0.05) is 231 Å². The van der Waals surface area contributed by atoms with Gasteiger partial charge in [0.2, 0.25) is 5.91 Å². The highest BCUT2D eigenvalue weighted by atomic mass is 16.3. The van der Waals surface area contributed by atoms with E-state index >= 15 is 0 Å². The molecule has 0 aliphatic heterocycles. The quantitative estimate of drug-likeness (QED) is 0.0380. The van der Waals surface area contributed by atoms with E-state index in [0.717, 1.165) is 32.1 Å². The lowest BCUT2D eigenvalue weighted by Gasteiger charge is -2.21. The van der Waals surface area contributed by atoms with Crippen LogP contribution in [-0.4, -0.2) is 46.1 Å². The zero-order valence-corrected chi connectivity index (χ0v) is 33.1. The normalized spacial score (nSPS) is 13.7. The molecule has 0 fully saturated rings. The summed E-state index contributed by atoms with van der Waals surface area (Å²) in [5.74, 6) is -0.499. The molecule has 4 N–H and O–H groups in total. The van der Waals surface area contributed by atoms with Crippen LogP contribution in [0.4, 0.5) is 0 Å². The summed E-state index contributed by atoms with van der Waals surface area (Å²) in [6.45, 7) is 4.19. The number of carbonyl (C=O) groups is 1. The SMILES string of the molecule is CCCCCCCCCCCCCCC/C=C/C(O)C(CO)NC(=O)C(O)CCCCCCCCCCCCCCCCCCCCCC. The molecule has 0 saturated heterocycles. The summed E-state index contributed by atoms with van der Waals surface area (Å²) >= 11 is 0. The van der Waals surface area contributed by atoms with E-state index in [2.05, 4.69) is 19.2 Å². The lowest BCUT2D eigenvalue weighted by atomic mass is 10.0. The van der Waals surface area contributed by atoms with Gasteiger partial charge in [0.05, 0.1) is 18.8 Å². The summed E-state index contributed by atoms with van der Waals surface area (Å²) in [6, 6.07) is -0.792. The Morgan fingerprint density at radius 2 is 0.796 bits per heavy atom. The van der Waals surface area contributed by atoms with E-state index in [4.69, 9.17) is 0 Å². The van der Waals surface area contributed by atoms with Gasteiger partial charge in [-0.3, -0.25) is 4.79 Å². The number of rotatable bonds is 40. The molecule has 0 aromatic heterocycles. The molecule has 0 bridgehead atoms. The number of aliphatic hydroxyl groups excluding tert-OH is 3. The molecule has 1 amide bonds. The molecule has 3 atom stereocenters. The highest BCUT2D eigenvalue weighted by Gasteiger charge is 2.22. The van der Waals surface area contributed by atoms with Crippen LogP contribution in [0.5, 0.6) is 0 Å². The number of amides is 1. The molecular formula is C44H87NO4. The highest BCUT2D eigenvalue weighted by Crippen LogP contribution is 2.16. The number of hydrogen-bond acceptors (Lipinski definition) is 4.